The molecule has 1 heterocycles. The Morgan fingerprint density at radius 3 is 3.00 bits per heavy atom. The van der Waals surface area contributed by atoms with E-state index in [1.54, 1.807) is 0 Å². The maximum atomic E-state index is 12.2. The quantitative estimate of drug-likeness (QED) is 0.784. The van der Waals surface area contributed by atoms with E-state index in [1.165, 1.54) is 11.3 Å². The van der Waals surface area contributed by atoms with Crippen LogP contribution < -0.4 is 4.74 Å². The zero-order valence-electron chi connectivity index (χ0n) is 10.8. The lowest BCUT2D eigenvalue weighted by molar-refractivity contribution is 0.0992. The Morgan fingerprint density at radius 1 is 1.47 bits per heavy atom. The Kier molecular flexibility index (Phi) is 3.34. The molecular formula is C15H15NO2S. The minimum absolute atomic E-state index is 0.0931. The van der Waals surface area contributed by atoms with Crippen LogP contribution in [0.3, 0.4) is 0 Å². The first-order valence-electron chi connectivity index (χ1n) is 6.41. The number of carbonyl (C=O) groups is 1. The van der Waals surface area contributed by atoms with Crippen molar-refractivity contribution in [3.05, 3.63) is 45.9 Å². The Bertz CT molecular complexity index is 602. The standard InChI is InChI=1S/C15H15NO2S/c1-10-9-19-15(16-10)8-14(17)11-3-2-4-13(7-11)18-12-5-6-12/h2-4,7,9,12H,5-6,8H2,1H3. The molecule has 0 N–H and O–H groups in total. The first-order valence-corrected chi connectivity index (χ1v) is 7.29. The van der Waals surface area contributed by atoms with Gasteiger partial charge in [0.1, 0.15) is 10.8 Å². The van der Waals surface area contributed by atoms with Crippen molar-refractivity contribution in [2.75, 3.05) is 0 Å². The molecule has 1 aromatic heterocycles. The predicted octanol–water partition coefficient (Wildman–Crippen LogP) is 3.42. The van der Waals surface area contributed by atoms with Gasteiger partial charge in [-0.3, -0.25) is 4.79 Å². The van der Waals surface area contributed by atoms with Crippen LogP contribution in [0, 0.1) is 6.92 Å². The Morgan fingerprint density at radius 2 is 2.32 bits per heavy atom. The number of Topliss-reactive ketones (excluding diaryl/α,β-unsaturated/α-hetero) is 1. The Balaban J connectivity index is 1.71. The van der Waals surface area contributed by atoms with Crippen LogP contribution in [-0.2, 0) is 6.42 Å². The number of hydrogen-bond acceptors (Lipinski definition) is 4. The predicted molar refractivity (Wildman–Crippen MR) is 75.0 cm³/mol. The van der Waals surface area contributed by atoms with Gasteiger partial charge in [-0.25, -0.2) is 4.98 Å². The van der Waals surface area contributed by atoms with Crippen molar-refractivity contribution in [3.8, 4) is 5.75 Å². The van der Waals surface area contributed by atoms with Crippen LogP contribution in [0.1, 0.15) is 33.9 Å². The number of aromatic nitrogens is 1. The topological polar surface area (TPSA) is 39.2 Å². The van der Waals surface area contributed by atoms with Gasteiger partial charge in [0.05, 0.1) is 12.5 Å². The molecule has 0 unspecified atom stereocenters. The normalized spacial score (nSPS) is 14.4. The van der Waals surface area contributed by atoms with E-state index in [4.69, 9.17) is 4.74 Å². The van der Waals surface area contributed by atoms with Crippen molar-refractivity contribution >= 4 is 17.1 Å². The fourth-order valence-electron chi connectivity index (χ4n) is 1.84. The number of benzene rings is 1. The van der Waals surface area contributed by atoms with E-state index in [2.05, 4.69) is 4.98 Å². The van der Waals surface area contributed by atoms with E-state index in [1.807, 2.05) is 36.6 Å². The van der Waals surface area contributed by atoms with Crippen LogP contribution in [0.4, 0.5) is 0 Å². The number of carbonyl (C=O) groups excluding carboxylic acids is 1. The molecule has 2 aromatic rings. The summed E-state index contributed by atoms with van der Waals surface area (Å²) in [6.45, 7) is 1.94. The van der Waals surface area contributed by atoms with Gasteiger partial charge < -0.3 is 4.74 Å². The summed E-state index contributed by atoms with van der Waals surface area (Å²) in [5.41, 5.74) is 1.67. The van der Waals surface area contributed by atoms with E-state index in [9.17, 15) is 4.79 Å². The summed E-state index contributed by atoms with van der Waals surface area (Å²) in [5.74, 6) is 0.888. The number of aryl methyl sites for hydroxylation is 1. The summed E-state index contributed by atoms with van der Waals surface area (Å²) in [4.78, 5) is 16.5. The highest BCUT2D eigenvalue weighted by Gasteiger charge is 2.23. The average molecular weight is 273 g/mol. The van der Waals surface area contributed by atoms with E-state index >= 15 is 0 Å². The second-order valence-corrected chi connectivity index (χ2v) is 5.77. The zero-order valence-corrected chi connectivity index (χ0v) is 11.6. The maximum Gasteiger partial charge on any atom is 0.169 e. The molecule has 0 bridgehead atoms. The van der Waals surface area contributed by atoms with Crippen molar-refractivity contribution in [1.29, 1.82) is 0 Å². The van der Waals surface area contributed by atoms with Crippen LogP contribution in [0.2, 0.25) is 0 Å². The number of thiazole rings is 1. The Hall–Kier alpha value is -1.68. The number of ketones is 1. The van der Waals surface area contributed by atoms with E-state index in [-0.39, 0.29) is 5.78 Å². The number of nitrogens with zero attached hydrogens (tertiary/aromatic N) is 1. The Labute approximate surface area is 116 Å². The third kappa shape index (κ3) is 3.20. The number of ether oxygens (including phenoxy) is 1. The maximum absolute atomic E-state index is 12.2. The minimum Gasteiger partial charge on any atom is -0.490 e. The first-order chi connectivity index (χ1) is 9.20. The van der Waals surface area contributed by atoms with E-state index in [0.717, 1.165) is 29.3 Å². The van der Waals surface area contributed by atoms with E-state index in [0.29, 0.717) is 18.1 Å². The number of rotatable bonds is 5. The molecule has 0 saturated heterocycles. The fourth-order valence-corrected chi connectivity index (χ4v) is 2.61. The van der Waals surface area contributed by atoms with Crippen LogP contribution in [0.25, 0.3) is 0 Å². The second-order valence-electron chi connectivity index (χ2n) is 4.83. The van der Waals surface area contributed by atoms with Gasteiger partial charge in [-0.15, -0.1) is 11.3 Å². The molecule has 3 nitrogen and oxygen atoms in total. The zero-order chi connectivity index (χ0) is 13.2. The van der Waals surface area contributed by atoms with Crippen molar-refractivity contribution in [2.24, 2.45) is 0 Å². The van der Waals surface area contributed by atoms with Gasteiger partial charge in [-0.2, -0.15) is 0 Å². The van der Waals surface area contributed by atoms with Gasteiger partial charge in [0.2, 0.25) is 0 Å². The molecule has 98 valence electrons. The average Bonchev–Trinajstić information content (AvgIpc) is 3.11. The van der Waals surface area contributed by atoms with Gasteiger partial charge in [-0.05, 0) is 31.9 Å². The molecule has 1 fully saturated rings. The second kappa shape index (κ2) is 5.13. The molecule has 0 spiro atoms. The molecule has 3 rings (SSSR count). The van der Waals surface area contributed by atoms with Crippen LogP contribution >= 0.6 is 11.3 Å². The summed E-state index contributed by atoms with van der Waals surface area (Å²) in [7, 11) is 0. The summed E-state index contributed by atoms with van der Waals surface area (Å²) < 4.78 is 5.71. The molecule has 1 aliphatic rings. The van der Waals surface area contributed by atoms with Gasteiger partial charge in [0.15, 0.2) is 5.78 Å². The molecule has 0 amide bonds. The molecule has 1 saturated carbocycles. The molecule has 1 aliphatic carbocycles. The SMILES string of the molecule is Cc1csc(CC(=O)c2cccc(OC3CC3)c2)n1. The molecule has 0 atom stereocenters. The monoisotopic (exact) mass is 273 g/mol. The molecule has 0 aliphatic heterocycles. The third-order valence-electron chi connectivity index (χ3n) is 2.96. The highest BCUT2D eigenvalue weighted by molar-refractivity contribution is 7.09. The van der Waals surface area contributed by atoms with Gasteiger partial charge >= 0.3 is 0 Å². The molecular weight excluding hydrogens is 258 g/mol. The fraction of sp³-hybridized carbons (Fsp3) is 0.333. The van der Waals surface area contributed by atoms with Crippen molar-refractivity contribution in [3.63, 3.8) is 0 Å². The highest BCUT2D eigenvalue weighted by atomic mass is 32.1. The molecule has 0 radical (unpaired) electrons. The molecule has 1 aromatic carbocycles. The summed E-state index contributed by atoms with van der Waals surface area (Å²) in [6, 6.07) is 7.45. The number of hydrogen-bond donors (Lipinski definition) is 0. The van der Waals surface area contributed by atoms with Crippen LogP contribution in [0.5, 0.6) is 5.75 Å². The lowest BCUT2D eigenvalue weighted by Gasteiger charge is -2.05. The molecule has 4 heteroatoms. The van der Waals surface area contributed by atoms with Gasteiger partial charge in [0.25, 0.3) is 0 Å². The van der Waals surface area contributed by atoms with Gasteiger partial charge in [0, 0.05) is 16.6 Å². The van der Waals surface area contributed by atoms with Crippen molar-refractivity contribution in [2.45, 2.75) is 32.3 Å². The first kappa shape index (κ1) is 12.4. The summed E-state index contributed by atoms with van der Waals surface area (Å²) in [6.07, 6.45) is 2.96. The van der Waals surface area contributed by atoms with Crippen molar-refractivity contribution < 1.29 is 9.53 Å². The lowest BCUT2D eigenvalue weighted by atomic mass is 10.1. The smallest absolute Gasteiger partial charge is 0.169 e. The molecule has 19 heavy (non-hydrogen) atoms. The third-order valence-corrected chi connectivity index (χ3v) is 3.93. The van der Waals surface area contributed by atoms with E-state index < -0.39 is 0 Å². The van der Waals surface area contributed by atoms with Gasteiger partial charge in [-0.1, -0.05) is 12.1 Å². The summed E-state index contributed by atoms with van der Waals surface area (Å²) in [5, 5.41) is 2.84. The van der Waals surface area contributed by atoms with Crippen LogP contribution in [-0.4, -0.2) is 16.9 Å². The highest BCUT2D eigenvalue weighted by Crippen LogP contribution is 2.27. The largest absolute Gasteiger partial charge is 0.490 e. The van der Waals surface area contributed by atoms with Crippen molar-refractivity contribution in [1.82, 2.24) is 4.98 Å². The lowest BCUT2D eigenvalue weighted by Crippen LogP contribution is -2.04. The summed E-state index contributed by atoms with van der Waals surface area (Å²) >= 11 is 1.53. The minimum atomic E-state index is 0.0931. The van der Waals surface area contributed by atoms with Crippen LogP contribution in [0.15, 0.2) is 29.6 Å².